The van der Waals surface area contributed by atoms with Gasteiger partial charge in [0.1, 0.15) is 6.61 Å². The van der Waals surface area contributed by atoms with Crippen LogP contribution in [0.1, 0.15) is 27.2 Å². The molecule has 0 aliphatic carbocycles. The zero-order chi connectivity index (χ0) is 18.9. The monoisotopic (exact) mass is 358 g/mol. The van der Waals surface area contributed by atoms with Crippen LogP contribution in [0, 0.1) is 5.92 Å². The molecule has 2 N–H and O–H groups in total. The molecular formula is C20H26N2O4. The number of carbonyl (C=O) groups excluding carboxylic acids is 2. The summed E-state index contributed by atoms with van der Waals surface area (Å²) in [5.41, 5.74) is 0.686. The molecule has 6 heteroatoms. The Balaban J connectivity index is 1.85. The van der Waals surface area contributed by atoms with Crippen molar-refractivity contribution in [3.05, 3.63) is 42.5 Å². The van der Waals surface area contributed by atoms with Crippen molar-refractivity contribution < 1.29 is 19.1 Å². The predicted octanol–water partition coefficient (Wildman–Crippen LogP) is 4.55. The van der Waals surface area contributed by atoms with E-state index in [2.05, 4.69) is 10.6 Å². The summed E-state index contributed by atoms with van der Waals surface area (Å²) in [6.45, 7) is 6.25. The van der Waals surface area contributed by atoms with Crippen molar-refractivity contribution in [1.82, 2.24) is 5.32 Å². The first-order chi connectivity index (χ1) is 12.5. The maximum absolute atomic E-state index is 12.1. The standard InChI is InChI=1S/C20H26N2O4/c1-4-16(21-19(23)25-12-14(2)3)13-26-20(24)22-18-11-7-9-15-8-5-6-10-17(15)18/h5-11,14,16H,4,12-13H2,1-3H3,(H,21,23)(H,22,24)/t16-/m0/s1. The van der Waals surface area contributed by atoms with Crippen LogP contribution in [0.3, 0.4) is 0 Å². The molecule has 2 aromatic carbocycles. The number of anilines is 1. The van der Waals surface area contributed by atoms with Gasteiger partial charge in [-0.3, -0.25) is 5.32 Å². The first-order valence-corrected chi connectivity index (χ1v) is 8.84. The van der Waals surface area contributed by atoms with Crippen LogP contribution in [0.5, 0.6) is 0 Å². The summed E-state index contributed by atoms with van der Waals surface area (Å²) < 4.78 is 10.3. The highest BCUT2D eigenvalue weighted by Crippen LogP contribution is 2.22. The van der Waals surface area contributed by atoms with Gasteiger partial charge in [0.25, 0.3) is 0 Å². The number of carbonyl (C=O) groups is 2. The van der Waals surface area contributed by atoms with Crippen molar-refractivity contribution >= 4 is 28.6 Å². The van der Waals surface area contributed by atoms with Crippen molar-refractivity contribution in [2.45, 2.75) is 33.2 Å². The van der Waals surface area contributed by atoms with Gasteiger partial charge in [0.15, 0.2) is 0 Å². The molecule has 0 bridgehead atoms. The summed E-state index contributed by atoms with van der Waals surface area (Å²) in [4.78, 5) is 23.8. The average Bonchev–Trinajstić information content (AvgIpc) is 2.63. The van der Waals surface area contributed by atoms with E-state index >= 15 is 0 Å². The molecule has 0 aliphatic heterocycles. The van der Waals surface area contributed by atoms with E-state index in [-0.39, 0.29) is 18.6 Å². The normalized spacial score (nSPS) is 11.8. The van der Waals surface area contributed by atoms with Crippen LogP contribution in [0.15, 0.2) is 42.5 Å². The van der Waals surface area contributed by atoms with Crippen LogP contribution < -0.4 is 10.6 Å². The number of ether oxygens (including phenoxy) is 2. The molecule has 2 aromatic rings. The quantitative estimate of drug-likeness (QED) is 0.761. The van der Waals surface area contributed by atoms with Gasteiger partial charge < -0.3 is 14.8 Å². The molecule has 0 spiro atoms. The Morgan fingerprint density at radius 1 is 0.962 bits per heavy atom. The zero-order valence-corrected chi connectivity index (χ0v) is 15.5. The SMILES string of the molecule is CC[C@@H](COC(=O)Nc1cccc2ccccc12)NC(=O)OCC(C)C. The summed E-state index contributed by atoms with van der Waals surface area (Å²) in [7, 11) is 0. The first-order valence-electron chi connectivity index (χ1n) is 8.84. The molecule has 6 nitrogen and oxygen atoms in total. The molecule has 2 amide bonds. The van der Waals surface area contributed by atoms with E-state index in [9.17, 15) is 9.59 Å². The highest BCUT2D eigenvalue weighted by molar-refractivity contribution is 6.00. The third-order valence-corrected chi connectivity index (χ3v) is 3.80. The minimum absolute atomic E-state index is 0.0733. The van der Waals surface area contributed by atoms with Gasteiger partial charge >= 0.3 is 12.2 Å². The minimum atomic E-state index is -0.558. The van der Waals surface area contributed by atoms with Crippen molar-refractivity contribution in [3.63, 3.8) is 0 Å². The van der Waals surface area contributed by atoms with E-state index in [0.29, 0.717) is 18.7 Å². The lowest BCUT2D eigenvalue weighted by atomic mass is 10.1. The number of rotatable bonds is 7. The Kier molecular flexibility index (Phi) is 7.26. The molecule has 0 aromatic heterocycles. The van der Waals surface area contributed by atoms with Gasteiger partial charge in [-0.05, 0) is 23.8 Å². The molecule has 0 fully saturated rings. The zero-order valence-electron chi connectivity index (χ0n) is 15.5. The molecule has 140 valence electrons. The van der Waals surface area contributed by atoms with Crippen LogP contribution in [0.4, 0.5) is 15.3 Å². The fraction of sp³-hybridized carbons (Fsp3) is 0.400. The van der Waals surface area contributed by atoms with Gasteiger partial charge in [-0.1, -0.05) is 57.2 Å². The molecule has 0 saturated heterocycles. The van der Waals surface area contributed by atoms with E-state index in [0.717, 1.165) is 10.8 Å². The Morgan fingerprint density at radius 2 is 1.65 bits per heavy atom. The van der Waals surface area contributed by atoms with Crippen molar-refractivity contribution in [3.8, 4) is 0 Å². The summed E-state index contributed by atoms with van der Waals surface area (Å²) in [6.07, 6.45) is -0.432. The lowest BCUT2D eigenvalue weighted by Gasteiger charge is -2.18. The summed E-state index contributed by atoms with van der Waals surface area (Å²) >= 11 is 0. The van der Waals surface area contributed by atoms with Crippen LogP contribution in [-0.2, 0) is 9.47 Å². The molecule has 2 rings (SSSR count). The van der Waals surface area contributed by atoms with Crippen LogP contribution in [0.25, 0.3) is 10.8 Å². The van der Waals surface area contributed by atoms with Gasteiger partial charge in [0, 0.05) is 5.39 Å². The smallest absolute Gasteiger partial charge is 0.411 e. The Morgan fingerprint density at radius 3 is 2.38 bits per heavy atom. The number of hydrogen-bond acceptors (Lipinski definition) is 4. The molecule has 0 radical (unpaired) electrons. The van der Waals surface area contributed by atoms with Gasteiger partial charge in [-0.25, -0.2) is 9.59 Å². The van der Waals surface area contributed by atoms with E-state index in [1.165, 1.54) is 0 Å². The molecule has 0 saturated carbocycles. The number of nitrogens with one attached hydrogen (secondary N) is 2. The molecular weight excluding hydrogens is 332 g/mol. The Bertz CT molecular complexity index is 740. The summed E-state index contributed by atoms with van der Waals surface area (Å²) in [5, 5.41) is 7.43. The maximum Gasteiger partial charge on any atom is 0.411 e. The molecule has 0 unspecified atom stereocenters. The molecule has 0 aliphatic rings. The van der Waals surface area contributed by atoms with Gasteiger partial charge in [0.05, 0.1) is 18.3 Å². The lowest BCUT2D eigenvalue weighted by molar-refractivity contribution is 0.116. The first kappa shape index (κ1) is 19.6. The number of benzene rings is 2. The molecule has 26 heavy (non-hydrogen) atoms. The highest BCUT2D eigenvalue weighted by Gasteiger charge is 2.15. The van der Waals surface area contributed by atoms with Gasteiger partial charge in [-0.2, -0.15) is 0 Å². The van der Waals surface area contributed by atoms with Crippen LogP contribution in [0.2, 0.25) is 0 Å². The number of alkyl carbamates (subject to hydrolysis) is 1. The van der Waals surface area contributed by atoms with E-state index in [1.807, 2.05) is 63.2 Å². The van der Waals surface area contributed by atoms with Crippen LogP contribution >= 0.6 is 0 Å². The van der Waals surface area contributed by atoms with Crippen molar-refractivity contribution in [2.24, 2.45) is 5.92 Å². The third-order valence-electron chi connectivity index (χ3n) is 3.80. The maximum atomic E-state index is 12.1. The highest BCUT2D eigenvalue weighted by atomic mass is 16.6. The second-order valence-electron chi connectivity index (χ2n) is 6.49. The number of hydrogen-bond donors (Lipinski definition) is 2. The van der Waals surface area contributed by atoms with Crippen molar-refractivity contribution in [1.29, 1.82) is 0 Å². The Labute approximate surface area is 153 Å². The molecule has 0 heterocycles. The second-order valence-corrected chi connectivity index (χ2v) is 6.49. The van der Waals surface area contributed by atoms with E-state index in [1.54, 1.807) is 0 Å². The minimum Gasteiger partial charge on any atom is -0.449 e. The largest absolute Gasteiger partial charge is 0.449 e. The van der Waals surface area contributed by atoms with E-state index < -0.39 is 12.2 Å². The second kappa shape index (κ2) is 9.65. The lowest BCUT2D eigenvalue weighted by Crippen LogP contribution is -2.39. The predicted molar refractivity (Wildman–Crippen MR) is 102 cm³/mol. The Hall–Kier alpha value is -2.76. The van der Waals surface area contributed by atoms with Gasteiger partial charge in [0.2, 0.25) is 0 Å². The van der Waals surface area contributed by atoms with E-state index in [4.69, 9.17) is 9.47 Å². The van der Waals surface area contributed by atoms with Crippen molar-refractivity contribution in [2.75, 3.05) is 18.5 Å². The fourth-order valence-corrected chi connectivity index (χ4v) is 2.37. The average molecular weight is 358 g/mol. The van der Waals surface area contributed by atoms with Crippen LogP contribution in [-0.4, -0.2) is 31.4 Å². The number of fused-ring (bicyclic) bond motifs is 1. The fourth-order valence-electron chi connectivity index (χ4n) is 2.37. The number of amides is 2. The van der Waals surface area contributed by atoms with Gasteiger partial charge in [-0.15, -0.1) is 0 Å². The third kappa shape index (κ3) is 5.95. The topological polar surface area (TPSA) is 76.7 Å². The summed E-state index contributed by atoms with van der Waals surface area (Å²) in [6, 6.07) is 13.2. The summed E-state index contributed by atoms with van der Waals surface area (Å²) in [5.74, 6) is 0.267. The molecule has 1 atom stereocenters.